The van der Waals surface area contributed by atoms with E-state index in [0.29, 0.717) is 6.04 Å². The normalized spacial score (nSPS) is 12.6. The molecule has 0 aliphatic carbocycles. The minimum absolute atomic E-state index is 0.273. The average molecular weight is 171 g/mol. The number of ether oxygens (including phenoxy) is 1. The molecule has 1 aliphatic heterocycles. The molecule has 0 saturated carbocycles. The number of nitrogens with zero attached hydrogens (tertiary/aromatic N) is 1. The summed E-state index contributed by atoms with van der Waals surface area (Å²) in [6, 6.07) is 0.308. The third-order valence-electron chi connectivity index (χ3n) is 0.713. The molecular weight excluding hydrogens is 162 g/mol. The smallest absolute Gasteiger partial charge is 0.379 e. The first kappa shape index (κ1) is 10.0. The molecule has 4 heteroatoms. The Morgan fingerprint density at radius 3 is 2.09 bits per heavy atom. The Bertz CT molecular complexity index is 204. The fraction of sp³-hybridized carbons (Fsp3) is 0.429. The van der Waals surface area contributed by atoms with Gasteiger partial charge in [0.1, 0.15) is 0 Å². The summed E-state index contributed by atoms with van der Waals surface area (Å²) in [7, 11) is 0. The lowest BCUT2D eigenvalue weighted by molar-refractivity contribution is -0.117. The van der Waals surface area contributed by atoms with E-state index in [1.165, 1.54) is 0 Å². The molecule has 0 atom stereocenters. The highest BCUT2D eigenvalue weighted by atomic mass is 32.1. The third-order valence-corrected chi connectivity index (χ3v) is 0.818. The van der Waals surface area contributed by atoms with Gasteiger partial charge in [0, 0.05) is 0 Å². The average Bonchev–Trinajstić information content (AvgIpc) is 2.46. The van der Waals surface area contributed by atoms with Gasteiger partial charge < -0.3 is 4.74 Å². The van der Waals surface area contributed by atoms with Crippen LogP contribution in [-0.4, -0.2) is 17.2 Å². The van der Waals surface area contributed by atoms with Gasteiger partial charge in [-0.3, -0.25) is 0 Å². The van der Waals surface area contributed by atoms with Crippen LogP contribution in [0.25, 0.3) is 0 Å². The van der Waals surface area contributed by atoms with Crippen molar-refractivity contribution in [3.05, 3.63) is 12.3 Å². The van der Waals surface area contributed by atoms with Crippen LogP contribution in [0.5, 0.6) is 0 Å². The van der Waals surface area contributed by atoms with Gasteiger partial charge in [-0.1, -0.05) is 0 Å². The monoisotopic (exact) mass is 171 g/mol. The van der Waals surface area contributed by atoms with Crippen molar-refractivity contribution in [3.8, 4) is 0 Å². The molecule has 0 N–H and O–H groups in total. The second-order valence-corrected chi connectivity index (χ2v) is 2.31. The van der Waals surface area contributed by atoms with Crippen LogP contribution in [-0.2, 0) is 9.53 Å². The van der Waals surface area contributed by atoms with E-state index < -0.39 is 0 Å². The molecule has 0 radical (unpaired) electrons. The van der Waals surface area contributed by atoms with Crippen molar-refractivity contribution >= 4 is 23.3 Å². The lowest BCUT2D eigenvalue weighted by Crippen LogP contribution is -1.83. The maximum absolute atomic E-state index is 9.56. The summed E-state index contributed by atoms with van der Waals surface area (Å²) in [5.41, 5.74) is 0. The van der Waals surface area contributed by atoms with Crippen molar-refractivity contribution in [2.75, 3.05) is 0 Å². The van der Waals surface area contributed by atoms with E-state index in [0.717, 1.165) is 0 Å². The lowest BCUT2D eigenvalue weighted by Gasteiger charge is -1.83. The molecule has 1 saturated heterocycles. The minimum atomic E-state index is -0.273. The predicted octanol–water partition coefficient (Wildman–Crippen LogP) is 1.55. The maximum atomic E-state index is 9.56. The quantitative estimate of drug-likeness (QED) is 0.260. The van der Waals surface area contributed by atoms with Gasteiger partial charge in [-0.15, -0.1) is 0 Å². The molecule has 1 rings (SSSR count). The topological polar surface area (TPSA) is 42.0 Å². The SMILES string of the molecule is C=C1OC1=O.CC(C)N=C=S. The molecule has 3 nitrogen and oxygen atoms in total. The fourth-order valence-corrected chi connectivity index (χ4v) is 0.403. The van der Waals surface area contributed by atoms with Crippen LogP contribution >= 0.6 is 12.2 Å². The summed E-state index contributed by atoms with van der Waals surface area (Å²) >= 11 is 4.31. The van der Waals surface area contributed by atoms with Gasteiger partial charge in [0.2, 0.25) is 5.76 Å². The molecule has 1 heterocycles. The largest absolute Gasteiger partial charge is 0.414 e. The van der Waals surface area contributed by atoms with Crippen LogP contribution in [0.4, 0.5) is 0 Å². The van der Waals surface area contributed by atoms with E-state index in [4.69, 9.17) is 0 Å². The van der Waals surface area contributed by atoms with Crippen molar-refractivity contribution in [2.24, 2.45) is 4.99 Å². The molecule has 0 spiro atoms. The number of carbonyl (C=O) groups excluding carboxylic acids is 1. The van der Waals surface area contributed by atoms with E-state index in [1.807, 2.05) is 13.8 Å². The number of epoxide rings is 1. The zero-order chi connectivity index (χ0) is 8.85. The number of aliphatic imine (C=N–C) groups is 1. The Morgan fingerprint density at radius 2 is 2.09 bits per heavy atom. The Kier molecular flexibility index (Phi) is 4.34. The van der Waals surface area contributed by atoms with Crippen molar-refractivity contribution in [2.45, 2.75) is 19.9 Å². The van der Waals surface area contributed by atoms with Crippen molar-refractivity contribution in [1.29, 1.82) is 0 Å². The molecule has 0 amide bonds. The van der Waals surface area contributed by atoms with Crippen LogP contribution in [0.1, 0.15) is 13.8 Å². The Hall–Kier alpha value is -0.990. The second kappa shape index (κ2) is 4.77. The lowest BCUT2D eigenvalue weighted by atomic mass is 10.4. The summed E-state index contributed by atoms with van der Waals surface area (Å²) in [6.45, 7) is 7.09. The van der Waals surface area contributed by atoms with Crippen LogP contribution in [0, 0.1) is 0 Å². The van der Waals surface area contributed by atoms with E-state index in [-0.39, 0.29) is 11.7 Å². The van der Waals surface area contributed by atoms with Gasteiger partial charge in [-0.05, 0) is 32.6 Å². The Balaban J connectivity index is 0.000000183. The molecule has 0 bridgehead atoms. The van der Waals surface area contributed by atoms with Gasteiger partial charge in [0.15, 0.2) is 0 Å². The third kappa shape index (κ3) is 6.90. The van der Waals surface area contributed by atoms with E-state index >= 15 is 0 Å². The number of isothiocyanates is 1. The summed E-state index contributed by atoms with van der Waals surface area (Å²) in [5.74, 6) is 0.00926. The molecule has 1 aliphatic rings. The molecule has 1 fully saturated rings. The fourth-order valence-electron chi connectivity index (χ4n) is 0.192. The van der Waals surface area contributed by atoms with Crippen LogP contribution in [0.2, 0.25) is 0 Å². The summed E-state index contributed by atoms with van der Waals surface area (Å²) in [4.78, 5) is 13.3. The highest BCUT2D eigenvalue weighted by molar-refractivity contribution is 7.78. The van der Waals surface area contributed by atoms with Crippen LogP contribution in [0.15, 0.2) is 17.3 Å². The van der Waals surface area contributed by atoms with Crippen LogP contribution in [0.3, 0.4) is 0 Å². The number of rotatable bonds is 1. The zero-order valence-electron chi connectivity index (χ0n) is 6.46. The van der Waals surface area contributed by atoms with Crippen molar-refractivity contribution in [1.82, 2.24) is 0 Å². The molecule has 0 aromatic carbocycles. The van der Waals surface area contributed by atoms with Gasteiger partial charge in [-0.2, -0.15) is 0 Å². The molecule has 0 aromatic heterocycles. The standard InChI is InChI=1S/C4H7NS.C3H2O2/c1-4(2)5-3-6;1-2-3(4)5-2/h4H,1-2H3;1H2. The first-order valence-corrected chi connectivity index (χ1v) is 3.46. The second-order valence-electron chi connectivity index (χ2n) is 2.13. The highest BCUT2D eigenvalue weighted by Crippen LogP contribution is 2.11. The number of hydrogen-bond donors (Lipinski definition) is 0. The predicted molar refractivity (Wildman–Crippen MR) is 45.4 cm³/mol. The molecule has 60 valence electrons. The van der Waals surface area contributed by atoms with E-state index in [9.17, 15) is 4.79 Å². The van der Waals surface area contributed by atoms with E-state index in [1.54, 1.807) is 0 Å². The van der Waals surface area contributed by atoms with Gasteiger partial charge >= 0.3 is 5.97 Å². The minimum Gasteiger partial charge on any atom is -0.414 e. The molecule has 0 unspecified atom stereocenters. The van der Waals surface area contributed by atoms with Crippen molar-refractivity contribution in [3.63, 3.8) is 0 Å². The van der Waals surface area contributed by atoms with Gasteiger partial charge in [0.25, 0.3) is 0 Å². The number of carbonyl (C=O) groups is 1. The Morgan fingerprint density at radius 1 is 1.73 bits per heavy atom. The molecule has 11 heavy (non-hydrogen) atoms. The Labute approximate surface area is 70.8 Å². The number of hydrogen-bond acceptors (Lipinski definition) is 4. The number of thiocarbonyl (C=S) groups is 1. The van der Waals surface area contributed by atoms with Gasteiger partial charge in [-0.25, -0.2) is 9.79 Å². The van der Waals surface area contributed by atoms with Crippen LogP contribution < -0.4 is 0 Å². The highest BCUT2D eigenvalue weighted by Gasteiger charge is 2.26. The van der Waals surface area contributed by atoms with Crippen molar-refractivity contribution < 1.29 is 9.53 Å². The zero-order valence-corrected chi connectivity index (χ0v) is 7.27. The molecular formula is C7H9NO2S. The van der Waals surface area contributed by atoms with Gasteiger partial charge in [0.05, 0.1) is 11.2 Å². The first-order chi connectivity index (χ1) is 5.07. The summed E-state index contributed by atoms with van der Waals surface area (Å²) in [5, 5.41) is 2.28. The first-order valence-electron chi connectivity index (χ1n) is 3.06. The molecule has 0 aromatic rings. The maximum Gasteiger partial charge on any atom is 0.379 e. The number of cyclic esters (lactones) is 1. The summed E-state index contributed by atoms with van der Waals surface area (Å²) in [6.07, 6.45) is 0. The summed E-state index contributed by atoms with van der Waals surface area (Å²) < 4.78 is 4.08. The van der Waals surface area contributed by atoms with E-state index in [2.05, 4.69) is 33.7 Å².